The predicted molar refractivity (Wildman–Crippen MR) is 233 cm³/mol. The smallest absolute Gasteiger partial charge is 0.343 e. The number of likely N-dealkylation sites (N-methyl/N-ethyl adjacent to an activating group) is 1. The molecule has 2 amide bonds. The summed E-state index contributed by atoms with van der Waals surface area (Å²) in [6.45, 7) is 8.47. The summed E-state index contributed by atoms with van der Waals surface area (Å²) in [5, 5.41) is 53.7. The van der Waals surface area contributed by atoms with Gasteiger partial charge in [0.1, 0.15) is 42.5 Å². The van der Waals surface area contributed by atoms with Gasteiger partial charge in [-0.3, -0.25) is 15.1 Å². The number of cyclic esters (lactones) is 1. The monoisotopic (exact) mass is 843 g/mol. The number of aryl methyl sites for hydroxylation is 1. The molecule has 2 aliphatic rings. The van der Waals surface area contributed by atoms with Gasteiger partial charge in [0.25, 0.3) is 5.56 Å². The molecule has 0 radical (unpaired) electrons. The second kappa shape index (κ2) is 15.9. The van der Waals surface area contributed by atoms with E-state index in [1.165, 1.54) is 6.07 Å². The lowest BCUT2D eigenvalue weighted by molar-refractivity contribution is -0.172. The van der Waals surface area contributed by atoms with Gasteiger partial charge in [-0.05, 0) is 91.5 Å². The summed E-state index contributed by atoms with van der Waals surface area (Å²) in [5.41, 5.74) is 9.56. The van der Waals surface area contributed by atoms with Crippen LogP contribution in [0.2, 0.25) is 0 Å². The number of primary amides is 1. The maximum atomic E-state index is 13.7. The van der Waals surface area contributed by atoms with E-state index in [9.17, 15) is 34.8 Å². The van der Waals surface area contributed by atoms with Crippen LogP contribution in [0.5, 0.6) is 17.2 Å². The largest absolute Gasteiger partial charge is 0.508 e. The highest BCUT2D eigenvalue weighted by molar-refractivity contribution is 6.22. The molecule has 16 heteroatoms. The molecule has 0 bridgehead atoms. The predicted octanol–water partition coefficient (Wildman–Crippen LogP) is 5.37. The summed E-state index contributed by atoms with van der Waals surface area (Å²) in [7, 11) is 1.79. The number of ether oxygens (including phenoxy) is 2. The molecule has 8 rings (SSSR count). The van der Waals surface area contributed by atoms with E-state index in [4.69, 9.17) is 25.6 Å². The van der Waals surface area contributed by atoms with E-state index in [-0.39, 0.29) is 71.7 Å². The summed E-state index contributed by atoms with van der Waals surface area (Å²) in [6, 6.07) is 16.0. The third-order valence-corrected chi connectivity index (χ3v) is 12.2. The molecule has 62 heavy (non-hydrogen) atoms. The molecule has 6 aromatic rings. The van der Waals surface area contributed by atoms with Crippen LogP contribution in [0.4, 0.5) is 10.5 Å². The van der Waals surface area contributed by atoms with Gasteiger partial charge < -0.3 is 44.8 Å². The highest BCUT2D eigenvalue weighted by Crippen LogP contribution is 2.41. The first kappa shape index (κ1) is 42.0. The first-order valence-electron chi connectivity index (χ1n) is 20.5. The van der Waals surface area contributed by atoms with Crippen LogP contribution >= 0.6 is 0 Å². The molecule has 0 saturated heterocycles. The summed E-state index contributed by atoms with van der Waals surface area (Å²) < 4.78 is 15.0. The van der Waals surface area contributed by atoms with Gasteiger partial charge in [-0.15, -0.1) is 0 Å². The SMILES string of the molecule is CCc1c2c(nc3ccc(OCC(O)N(C)CCn4ccc5cc(N(C(=N)c6cc(C(C)C)c(O)cc6O)C(N)=O)ccc54)cc13)-c1cc3c(c(=O)n1C2)COC(=O)C3(O)CC. The number of aromatic nitrogens is 3. The van der Waals surface area contributed by atoms with Crippen molar-refractivity contribution in [1.82, 2.24) is 19.0 Å². The number of rotatable bonds is 12. The van der Waals surface area contributed by atoms with E-state index in [0.717, 1.165) is 38.4 Å². The molecule has 2 atom stereocenters. The minimum absolute atomic E-state index is 0.0186. The minimum Gasteiger partial charge on any atom is -0.508 e. The molecule has 0 fully saturated rings. The summed E-state index contributed by atoms with van der Waals surface area (Å²) >= 11 is 0. The number of benzene rings is 3. The van der Waals surface area contributed by atoms with Crippen LogP contribution in [-0.2, 0) is 41.2 Å². The fraction of sp³-hybridized carbons (Fsp3) is 0.326. The number of pyridine rings is 2. The summed E-state index contributed by atoms with van der Waals surface area (Å²) in [4.78, 5) is 46.7. The van der Waals surface area contributed by atoms with E-state index in [1.54, 1.807) is 47.7 Å². The topological polar surface area (TPSA) is 230 Å². The molecule has 0 saturated carbocycles. The van der Waals surface area contributed by atoms with Gasteiger partial charge in [0.05, 0.1) is 40.3 Å². The molecule has 16 nitrogen and oxygen atoms in total. The number of aromatic hydroxyl groups is 2. The molecule has 2 aliphatic heterocycles. The molecule has 0 aliphatic carbocycles. The highest BCUT2D eigenvalue weighted by Gasteiger charge is 2.45. The number of urea groups is 1. The van der Waals surface area contributed by atoms with Gasteiger partial charge in [-0.25, -0.2) is 19.5 Å². The van der Waals surface area contributed by atoms with Crippen LogP contribution < -0.4 is 20.9 Å². The van der Waals surface area contributed by atoms with E-state index in [0.29, 0.717) is 53.4 Å². The lowest BCUT2D eigenvalue weighted by Crippen LogP contribution is -2.44. The molecule has 5 heterocycles. The molecular formula is C46H49N7O9. The first-order valence-corrected chi connectivity index (χ1v) is 20.5. The number of phenolic OH excluding ortho intramolecular Hbond substituents is 2. The number of esters is 1. The van der Waals surface area contributed by atoms with Crippen LogP contribution in [0.1, 0.15) is 73.4 Å². The van der Waals surface area contributed by atoms with Crippen LogP contribution in [0.3, 0.4) is 0 Å². The van der Waals surface area contributed by atoms with E-state index < -0.39 is 23.8 Å². The fourth-order valence-corrected chi connectivity index (χ4v) is 8.60. The Hall–Kier alpha value is -6.75. The van der Waals surface area contributed by atoms with Crippen LogP contribution in [0, 0.1) is 5.41 Å². The van der Waals surface area contributed by atoms with Crippen molar-refractivity contribution in [3.63, 3.8) is 0 Å². The zero-order valence-electron chi connectivity index (χ0n) is 35.1. The number of aliphatic hydroxyl groups excluding tert-OH is 1. The number of amides is 2. The first-order chi connectivity index (χ1) is 29.6. The number of anilines is 1. The van der Waals surface area contributed by atoms with E-state index in [2.05, 4.69) is 0 Å². The Morgan fingerprint density at radius 2 is 1.82 bits per heavy atom. The lowest BCUT2D eigenvalue weighted by Gasteiger charge is -2.31. The number of fused-ring (bicyclic) bond motifs is 6. The van der Waals surface area contributed by atoms with Crippen LogP contribution in [-0.4, -0.2) is 83.7 Å². The second-order valence-electron chi connectivity index (χ2n) is 16.2. The van der Waals surface area contributed by atoms with Crippen molar-refractivity contribution >= 4 is 45.3 Å². The number of aliphatic hydroxyl groups is 2. The van der Waals surface area contributed by atoms with Gasteiger partial charge in [0.15, 0.2) is 5.60 Å². The number of nitrogens with one attached hydrogen (secondary N) is 1. The van der Waals surface area contributed by atoms with Gasteiger partial charge in [0, 0.05) is 52.8 Å². The quantitative estimate of drug-likeness (QED) is 0.0396. The number of carbonyl (C=O) groups excluding carboxylic acids is 2. The third-order valence-electron chi connectivity index (χ3n) is 12.2. The Morgan fingerprint density at radius 3 is 2.53 bits per heavy atom. The number of nitrogens with zero attached hydrogens (tertiary/aromatic N) is 5. The normalized spacial score (nSPS) is 16.0. The van der Waals surface area contributed by atoms with E-state index in [1.807, 2.05) is 55.8 Å². The Labute approximate surface area is 356 Å². The second-order valence-corrected chi connectivity index (χ2v) is 16.2. The minimum atomic E-state index is -1.91. The van der Waals surface area contributed by atoms with Crippen molar-refractivity contribution in [2.24, 2.45) is 5.73 Å². The van der Waals surface area contributed by atoms with Gasteiger partial charge in [-0.1, -0.05) is 27.7 Å². The molecule has 0 spiro atoms. The molecule has 3 aromatic carbocycles. The zero-order chi connectivity index (χ0) is 44.4. The van der Waals surface area contributed by atoms with Gasteiger partial charge in [-0.2, -0.15) is 0 Å². The Morgan fingerprint density at radius 1 is 1.05 bits per heavy atom. The molecular weight excluding hydrogens is 795 g/mol. The Balaban J connectivity index is 0.947. The molecule has 7 N–H and O–H groups in total. The number of carbonyl (C=O) groups is 2. The number of nitrogens with two attached hydrogens (primary N) is 1. The molecule has 2 unspecified atom stereocenters. The molecule has 322 valence electrons. The van der Waals surface area contributed by atoms with Crippen LogP contribution in [0.25, 0.3) is 33.2 Å². The van der Waals surface area contributed by atoms with Crippen LogP contribution in [0.15, 0.2) is 71.7 Å². The van der Waals surface area contributed by atoms with Crippen molar-refractivity contribution in [3.8, 4) is 28.6 Å². The number of hydrogen-bond donors (Lipinski definition) is 6. The van der Waals surface area contributed by atoms with Crippen molar-refractivity contribution in [2.45, 2.75) is 78.0 Å². The van der Waals surface area contributed by atoms with Gasteiger partial charge >= 0.3 is 12.0 Å². The van der Waals surface area contributed by atoms with Crippen molar-refractivity contribution in [1.29, 1.82) is 5.41 Å². The lowest BCUT2D eigenvalue weighted by atomic mass is 9.86. The third kappa shape index (κ3) is 6.99. The maximum absolute atomic E-state index is 13.7. The number of hydrogen-bond acceptors (Lipinski definition) is 12. The average molecular weight is 844 g/mol. The van der Waals surface area contributed by atoms with Gasteiger partial charge in [0.2, 0.25) is 0 Å². The van der Waals surface area contributed by atoms with Crippen molar-refractivity contribution in [2.75, 3.05) is 25.1 Å². The summed E-state index contributed by atoms with van der Waals surface area (Å²) in [5.74, 6) is -1.13. The Bertz CT molecular complexity index is 2880. The zero-order valence-corrected chi connectivity index (χ0v) is 35.1. The van der Waals surface area contributed by atoms with Crippen molar-refractivity contribution < 1.29 is 39.5 Å². The summed E-state index contributed by atoms with van der Waals surface area (Å²) in [6.07, 6.45) is 1.65. The van der Waals surface area contributed by atoms with Crippen molar-refractivity contribution in [3.05, 3.63) is 111 Å². The maximum Gasteiger partial charge on any atom is 0.343 e. The van der Waals surface area contributed by atoms with E-state index >= 15 is 0 Å². The number of amidine groups is 1. The molecule has 3 aromatic heterocycles. The average Bonchev–Trinajstić information content (AvgIpc) is 3.83. The number of phenols is 2. The highest BCUT2D eigenvalue weighted by atomic mass is 16.6. The standard InChI is InChI=1S/C46H49N7O9/c1-6-28-30-17-27(9-10-35(30)49-41-32(28)21-52-37(41)19-34-33(43(52)57)22-62-44(58)46(34,60)7-2)61-23-40(56)50(5)14-15-51-13-12-25-16-26(8-11-36(25)51)53(45(48)59)42(47)31-18-29(24(3)4)38(54)20-39(31)55/h8-13,16-20,24,40,47,54-56,60H,6-7,14-15,21-23H2,1-5H3,(H2,48,59). The fourth-order valence-electron chi connectivity index (χ4n) is 8.60. The Kier molecular flexibility index (Phi) is 10.8.